The van der Waals surface area contributed by atoms with Gasteiger partial charge < -0.3 is 11.5 Å². The topological polar surface area (TPSA) is 126 Å². The molecule has 3 rings (SSSR count). The lowest BCUT2D eigenvalue weighted by molar-refractivity contribution is 1.26. The average molecular weight is 316 g/mol. The van der Waals surface area contributed by atoms with Crippen LogP contribution in [0.4, 0.5) is 0 Å². The lowest BCUT2D eigenvalue weighted by Crippen LogP contribution is -2.11. The van der Waals surface area contributed by atoms with Gasteiger partial charge in [-0.15, -0.1) is 0 Å². The van der Waals surface area contributed by atoms with E-state index >= 15 is 0 Å². The van der Waals surface area contributed by atoms with Gasteiger partial charge in [0.15, 0.2) is 0 Å². The fourth-order valence-corrected chi connectivity index (χ4v) is 2.26. The van der Waals surface area contributed by atoms with Crippen molar-refractivity contribution in [2.45, 2.75) is 0 Å². The summed E-state index contributed by atoms with van der Waals surface area (Å²) < 4.78 is 0. The molecule has 2 heterocycles. The third kappa shape index (κ3) is 3.12. The molecular weight excluding hydrogens is 300 g/mol. The molecule has 0 aliphatic rings. The van der Waals surface area contributed by atoms with Crippen LogP contribution < -0.4 is 11.5 Å². The zero-order valence-electron chi connectivity index (χ0n) is 12.8. The first-order chi connectivity index (χ1) is 11.5. The third-order valence-electron chi connectivity index (χ3n) is 3.63. The van der Waals surface area contributed by atoms with Crippen molar-refractivity contribution in [3.8, 4) is 22.5 Å². The second kappa shape index (κ2) is 6.29. The SMILES string of the molecule is N=C(N)c1ccc(-c2ccc(-c3ccc(C(=N)N)cn3)cn2)cc1. The fraction of sp³-hybridized carbons (Fsp3) is 0. The second-order valence-corrected chi connectivity index (χ2v) is 5.27. The van der Waals surface area contributed by atoms with Crippen molar-refractivity contribution in [1.82, 2.24) is 9.97 Å². The lowest BCUT2D eigenvalue weighted by atomic mass is 10.1. The number of nitrogen functional groups attached to an aromatic ring is 2. The zero-order chi connectivity index (χ0) is 17.1. The van der Waals surface area contributed by atoms with E-state index in [1.165, 1.54) is 0 Å². The number of nitrogens with one attached hydrogen (secondary N) is 2. The Labute approximate surface area is 139 Å². The first-order valence-corrected chi connectivity index (χ1v) is 7.26. The Morgan fingerprint density at radius 2 is 1.12 bits per heavy atom. The van der Waals surface area contributed by atoms with Crippen molar-refractivity contribution in [1.29, 1.82) is 10.8 Å². The molecule has 0 fully saturated rings. The summed E-state index contributed by atoms with van der Waals surface area (Å²) in [4.78, 5) is 8.77. The van der Waals surface area contributed by atoms with Crippen LogP contribution in [0.15, 0.2) is 60.9 Å². The third-order valence-corrected chi connectivity index (χ3v) is 3.63. The number of nitrogens with zero attached hydrogens (tertiary/aromatic N) is 2. The van der Waals surface area contributed by atoms with Gasteiger partial charge in [0, 0.05) is 34.6 Å². The van der Waals surface area contributed by atoms with Gasteiger partial charge in [0.1, 0.15) is 11.7 Å². The summed E-state index contributed by atoms with van der Waals surface area (Å²) in [5, 5.41) is 14.8. The van der Waals surface area contributed by atoms with Crippen molar-refractivity contribution in [2.75, 3.05) is 0 Å². The Morgan fingerprint density at radius 1 is 0.625 bits per heavy atom. The summed E-state index contributed by atoms with van der Waals surface area (Å²) in [6.07, 6.45) is 3.33. The summed E-state index contributed by atoms with van der Waals surface area (Å²) in [6.45, 7) is 0. The normalized spacial score (nSPS) is 10.3. The number of hydrogen-bond donors (Lipinski definition) is 4. The van der Waals surface area contributed by atoms with Crippen molar-refractivity contribution >= 4 is 11.7 Å². The zero-order valence-corrected chi connectivity index (χ0v) is 12.8. The molecule has 6 N–H and O–H groups in total. The predicted octanol–water partition coefficient (Wildman–Crippen LogP) is 2.38. The minimum absolute atomic E-state index is 0.00321. The number of amidine groups is 2. The van der Waals surface area contributed by atoms with E-state index in [1.807, 2.05) is 30.3 Å². The Hall–Kier alpha value is -3.54. The van der Waals surface area contributed by atoms with Crippen LogP contribution in [0.2, 0.25) is 0 Å². The molecule has 3 aromatic rings. The van der Waals surface area contributed by atoms with Crippen LogP contribution in [0.1, 0.15) is 11.1 Å². The number of pyridine rings is 2. The van der Waals surface area contributed by atoms with Crippen LogP contribution in [-0.4, -0.2) is 21.6 Å². The summed E-state index contributed by atoms with van der Waals surface area (Å²) >= 11 is 0. The van der Waals surface area contributed by atoms with Gasteiger partial charge >= 0.3 is 0 Å². The lowest BCUT2D eigenvalue weighted by Gasteiger charge is -2.05. The number of aromatic nitrogens is 2. The maximum absolute atomic E-state index is 7.41. The first-order valence-electron chi connectivity index (χ1n) is 7.26. The highest BCUT2D eigenvalue weighted by Gasteiger charge is 2.05. The van der Waals surface area contributed by atoms with Crippen LogP contribution in [0.25, 0.3) is 22.5 Å². The van der Waals surface area contributed by atoms with Crippen LogP contribution in [-0.2, 0) is 0 Å². The van der Waals surface area contributed by atoms with Crippen molar-refractivity contribution in [3.63, 3.8) is 0 Å². The van der Waals surface area contributed by atoms with Gasteiger partial charge in [-0.05, 0) is 24.3 Å². The van der Waals surface area contributed by atoms with E-state index in [0.29, 0.717) is 11.1 Å². The highest BCUT2D eigenvalue weighted by molar-refractivity contribution is 5.95. The highest BCUT2D eigenvalue weighted by Crippen LogP contribution is 2.21. The molecule has 0 atom stereocenters. The molecule has 6 heteroatoms. The van der Waals surface area contributed by atoms with Crippen LogP contribution in [0.3, 0.4) is 0 Å². The number of rotatable bonds is 4. The molecule has 0 saturated carbocycles. The highest BCUT2D eigenvalue weighted by atomic mass is 14.7. The predicted molar refractivity (Wildman–Crippen MR) is 94.9 cm³/mol. The molecule has 6 nitrogen and oxygen atoms in total. The number of hydrogen-bond acceptors (Lipinski definition) is 4. The Balaban J connectivity index is 1.84. The Morgan fingerprint density at radius 3 is 1.62 bits per heavy atom. The largest absolute Gasteiger partial charge is 0.384 e. The summed E-state index contributed by atoms with van der Waals surface area (Å²) in [7, 11) is 0. The van der Waals surface area contributed by atoms with Gasteiger partial charge in [-0.1, -0.05) is 24.3 Å². The van der Waals surface area contributed by atoms with Gasteiger partial charge in [0.2, 0.25) is 0 Å². The molecule has 0 spiro atoms. The van der Waals surface area contributed by atoms with E-state index in [-0.39, 0.29) is 11.7 Å². The molecule has 2 aromatic heterocycles. The van der Waals surface area contributed by atoms with Gasteiger partial charge in [-0.2, -0.15) is 0 Å². The van der Waals surface area contributed by atoms with E-state index in [2.05, 4.69) is 9.97 Å². The summed E-state index contributed by atoms with van der Waals surface area (Å²) in [5.41, 5.74) is 15.6. The first kappa shape index (κ1) is 15.4. The molecular formula is C18H16N6. The van der Waals surface area contributed by atoms with E-state index in [1.54, 1.807) is 30.6 Å². The summed E-state index contributed by atoms with van der Waals surface area (Å²) in [6, 6.07) is 14.8. The van der Waals surface area contributed by atoms with E-state index in [4.69, 9.17) is 22.3 Å². The summed E-state index contributed by atoms with van der Waals surface area (Å²) in [5.74, 6) is 0.0430. The van der Waals surface area contributed by atoms with Crippen molar-refractivity contribution < 1.29 is 0 Å². The fourth-order valence-electron chi connectivity index (χ4n) is 2.26. The standard InChI is InChI=1S/C18H16N6/c19-17(20)12-3-1-11(2-4-12)15-7-5-13(9-23-15)16-8-6-14(10-24-16)18(21)22/h1-10H,(H3,19,20)(H3,21,22). The molecule has 24 heavy (non-hydrogen) atoms. The van der Waals surface area contributed by atoms with Gasteiger partial charge in [0.05, 0.1) is 11.4 Å². The maximum atomic E-state index is 7.41. The van der Waals surface area contributed by atoms with E-state index in [0.717, 1.165) is 22.5 Å². The van der Waals surface area contributed by atoms with E-state index < -0.39 is 0 Å². The van der Waals surface area contributed by atoms with Gasteiger partial charge in [0.25, 0.3) is 0 Å². The average Bonchev–Trinajstić information content (AvgIpc) is 2.62. The smallest absolute Gasteiger partial charge is 0.124 e. The molecule has 0 bridgehead atoms. The Kier molecular flexibility index (Phi) is 4.03. The molecule has 1 aromatic carbocycles. The van der Waals surface area contributed by atoms with Crippen LogP contribution >= 0.6 is 0 Å². The van der Waals surface area contributed by atoms with Crippen molar-refractivity contribution in [2.24, 2.45) is 11.5 Å². The molecule has 0 saturated heterocycles. The van der Waals surface area contributed by atoms with Gasteiger partial charge in [-0.25, -0.2) is 0 Å². The molecule has 0 aliphatic heterocycles. The second-order valence-electron chi connectivity index (χ2n) is 5.27. The number of nitrogens with two attached hydrogens (primary N) is 2. The minimum atomic E-state index is -0.00321. The van der Waals surface area contributed by atoms with Crippen LogP contribution in [0.5, 0.6) is 0 Å². The number of benzene rings is 1. The molecule has 0 amide bonds. The van der Waals surface area contributed by atoms with E-state index in [9.17, 15) is 0 Å². The van der Waals surface area contributed by atoms with Crippen LogP contribution in [0, 0.1) is 10.8 Å². The minimum Gasteiger partial charge on any atom is -0.384 e. The Bertz CT molecular complexity index is 804. The molecule has 0 unspecified atom stereocenters. The quantitative estimate of drug-likeness (QED) is 0.435. The maximum Gasteiger partial charge on any atom is 0.124 e. The van der Waals surface area contributed by atoms with Gasteiger partial charge in [-0.3, -0.25) is 20.8 Å². The van der Waals surface area contributed by atoms with Crippen molar-refractivity contribution in [3.05, 3.63) is 72.1 Å². The molecule has 0 radical (unpaired) electrons. The monoisotopic (exact) mass is 316 g/mol. The molecule has 118 valence electrons. The molecule has 0 aliphatic carbocycles.